The molecule has 1 rings (SSSR count). The summed E-state index contributed by atoms with van der Waals surface area (Å²) in [7, 11) is 0. The summed E-state index contributed by atoms with van der Waals surface area (Å²) in [6.45, 7) is 7.50. The molecule has 0 radical (unpaired) electrons. The second-order valence-electron chi connectivity index (χ2n) is 5.55. The van der Waals surface area contributed by atoms with Gasteiger partial charge in [-0.2, -0.15) is 0 Å². The summed E-state index contributed by atoms with van der Waals surface area (Å²) in [5.41, 5.74) is 4.75. The Morgan fingerprint density at radius 1 is 1.42 bits per heavy atom. The van der Waals surface area contributed by atoms with Crippen LogP contribution in [0.1, 0.15) is 46.5 Å². The minimum atomic E-state index is -0.670. The van der Waals surface area contributed by atoms with Gasteiger partial charge in [0.1, 0.15) is 12.7 Å². The van der Waals surface area contributed by atoms with Gasteiger partial charge in [0.25, 0.3) is 5.19 Å². The van der Waals surface area contributed by atoms with Gasteiger partial charge in [-0.25, -0.2) is 9.78 Å². The van der Waals surface area contributed by atoms with Gasteiger partial charge in [0, 0.05) is 24.2 Å². The number of hydrogen-bond donors (Lipinski definition) is 3. The zero-order valence-electron chi connectivity index (χ0n) is 14.9. The molecule has 0 spiro atoms. The van der Waals surface area contributed by atoms with Crippen LogP contribution in [0.2, 0.25) is 0 Å². The smallest absolute Gasteiger partial charge is 0.404 e. The number of primary amides is 1. The van der Waals surface area contributed by atoms with Gasteiger partial charge in [-0.15, -0.1) is 0 Å². The lowest BCUT2D eigenvalue weighted by atomic mass is 10.2. The van der Waals surface area contributed by atoms with Crippen LogP contribution in [-0.2, 0) is 4.74 Å². The molecular formula is C16H31N3O4S. The van der Waals surface area contributed by atoms with Crippen LogP contribution < -0.4 is 15.8 Å². The van der Waals surface area contributed by atoms with E-state index in [9.17, 15) is 9.90 Å². The topological polar surface area (TPSA) is 107 Å². The van der Waals surface area contributed by atoms with Gasteiger partial charge in [-0.05, 0) is 6.42 Å². The molecule has 1 aromatic heterocycles. The number of unbranched alkanes of at least 4 members (excludes halogenated alkanes) is 3. The number of thiazole rings is 1. The molecule has 24 heavy (non-hydrogen) atoms. The molecule has 0 aliphatic rings. The number of carbonyl (C=O) groups is 1. The maximum atomic E-state index is 10.0. The van der Waals surface area contributed by atoms with E-state index in [0.29, 0.717) is 24.4 Å². The van der Waals surface area contributed by atoms with Crippen molar-refractivity contribution < 1.29 is 19.4 Å². The predicted octanol–water partition coefficient (Wildman–Crippen LogP) is 2.54. The van der Waals surface area contributed by atoms with Crippen molar-refractivity contribution in [2.75, 3.05) is 19.8 Å². The maximum Gasteiger partial charge on any atom is 0.404 e. The van der Waals surface area contributed by atoms with Gasteiger partial charge in [-0.3, -0.25) is 0 Å². The third-order valence-electron chi connectivity index (χ3n) is 2.81. The SMILES string of the molecule is CC(C)NCC(O)COc1nccs1.CCCCCCOC(N)=O. The number of aliphatic hydroxyl groups excluding tert-OH is 1. The highest BCUT2D eigenvalue weighted by molar-refractivity contribution is 7.11. The van der Waals surface area contributed by atoms with E-state index in [4.69, 9.17) is 10.5 Å². The Hall–Kier alpha value is -1.38. The lowest BCUT2D eigenvalue weighted by Crippen LogP contribution is -2.35. The van der Waals surface area contributed by atoms with Gasteiger partial charge < -0.3 is 25.6 Å². The van der Waals surface area contributed by atoms with Crippen LogP contribution in [0.4, 0.5) is 4.79 Å². The van der Waals surface area contributed by atoms with Crippen LogP contribution in [0.5, 0.6) is 5.19 Å². The fraction of sp³-hybridized carbons (Fsp3) is 0.750. The number of aromatic nitrogens is 1. The van der Waals surface area contributed by atoms with E-state index < -0.39 is 12.2 Å². The van der Waals surface area contributed by atoms with Crippen LogP contribution in [0.3, 0.4) is 0 Å². The first kappa shape index (κ1) is 22.6. The summed E-state index contributed by atoms with van der Waals surface area (Å²) >= 11 is 1.42. The van der Waals surface area contributed by atoms with Gasteiger partial charge >= 0.3 is 6.09 Å². The molecule has 1 aromatic rings. The van der Waals surface area contributed by atoms with Crippen molar-refractivity contribution in [3.05, 3.63) is 11.6 Å². The van der Waals surface area contributed by atoms with E-state index >= 15 is 0 Å². The highest BCUT2D eigenvalue weighted by Gasteiger charge is 2.06. The van der Waals surface area contributed by atoms with Gasteiger partial charge in [0.15, 0.2) is 0 Å². The molecule has 1 amide bonds. The maximum absolute atomic E-state index is 10.0. The fourth-order valence-electron chi connectivity index (χ4n) is 1.58. The largest absolute Gasteiger partial charge is 0.467 e. The van der Waals surface area contributed by atoms with Crippen LogP contribution >= 0.6 is 11.3 Å². The summed E-state index contributed by atoms with van der Waals surface area (Å²) in [5, 5.41) is 15.1. The van der Waals surface area contributed by atoms with Crippen LogP contribution in [0.25, 0.3) is 0 Å². The number of nitrogens with two attached hydrogens (primary N) is 1. The summed E-state index contributed by atoms with van der Waals surface area (Å²) in [5.74, 6) is 0. The number of nitrogens with one attached hydrogen (secondary N) is 1. The van der Waals surface area contributed by atoms with Crippen molar-refractivity contribution in [1.29, 1.82) is 0 Å². The summed E-state index contributed by atoms with van der Waals surface area (Å²) < 4.78 is 9.78. The van der Waals surface area contributed by atoms with Crippen molar-refractivity contribution in [1.82, 2.24) is 10.3 Å². The number of nitrogens with zero attached hydrogens (tertiary/aromatic N) is 1. The molecule has 0 fully saturated rings. The van der Waals surface area contributed by atoms with E-state index in [1.54, 1.807) is 6.20 Å². The molecule has 0 saturated heterocycles. The predicted molar refractivity (Wildman–Crippen MR) is 96.4 cm³/mol. The highest BCUT2D eigenvalue weighted by atomic mass is 32.1. The molecule has 0 aliphatic carbocycles. The van der Waals surface area contributed by atoms with Crippen molar-refractivity contribution in [3.63, 3.8) is 0 Å². The second kappa shape index (κ2) is 15.2. The minimum Gasteiger partial charge on any atom is -0.467 e. The average Bonchev–Trinajstić information content (AvgIpc) is 3.04. The molecule has 140 valence electrons. The number of ether oxygens (including phenoxy) is 2. The van der Waals surface area contributed by atoms with E-state index in [-0.39, 0.29) is 6.61 Å². The molecule has 4 N–H and O–H groups in total. The van der Waals surface area contributed by atoms with Crippen LogP contribution in [-0.4, -0.2) is 48.1 Å². The standard InChI is InChI=1S/C9H16N2O2S.C7H15NO2/c1-7(2)11-5-8(12)6-13-9-10-3-4-14-9;1-2-3-4-5-6-10-7(8)9/h3-4,7-8,11-12H,5-6H2,1-2H3;2-6H2,1H3,(H2,8,9). The van der Waals surface area contributed by atoms with Gasteiger partial charge in [-0.1, -0.05) is 51.4 Å². The van der Waals surface area contributed by atoms with Crippen molar-refractivity contribution >= 4 is 17.4 Å². The van der Waals surface area contributed by atoms with Crippen LogP contribution in [0.15, 0.2) is 11.6 Å². The molecule has 0 saturated carbocycles. The zero-order valence-corrected chi connectivity index (χ0v) is 15.7. The zero-order chi connectivity index (χ0) is 18.2. The molecule has 7 nitrogen and oxygen atoms in total. The van der Waals surface area contributed by atoms with Gasteiger partial charge in [0.05, 0.1) is 6.61 Å². The molecule has 0 aliphatic heterocycles. The Balaban J connectivity index is 0.000000470. The van der Waals surface area contributed by atoms with E-state index in [2.05, 4.69) is 22.0 Å². The molecule has 8 heteroatoms. The molecule has 0 bridgehead atoms. The van der Waals surface area contributed by atoms with Crippen molar-refractivity contribution in [3.8, 4) is 5.19 Å². The molecule has 1 atom stereocenters. The molecule has 1 heterocycles. The average molecular weight is 362 g/mol. The Labute approximate surface area is 148 Å². The number of amides is 1. The Bertz CT molecular complexity index is 402. The first-order valence-corrected chi connectivity index (χ1v) is 9.19. The Morgan fingerprint density at radius 3 is 2.71 bits per heavy atom. The third-order valence-corrected chi connectivity index (χ3v) is 3.50. The third kappa shape index (κ3) is 15.5. The number of rotatable bonds is 11. The highest BCUT2D eigenvalue weighted by Crippen LogP contribution is 2.13. The lowest BCUT2D eigenvalue weighted by molar-refractivity contribution is 0.104. The summed E-state index contributed by atoms with van der Waals surface area (Å²) in [4.78, 5) is 14.0. The summed E-state index contributed by atoms with van der Waals surface area (Å²) in [6.07, 6.45) is 4.95. The van der Waals surface area contributed by atoms with Crippen molar-refractivity contribution in [2.24, 2.45) is 5.73 Å². The van der Waals surface area contributed by atoms with Gasteiger partial charge in [0.2, 0.25) is 0 Å². The van der Waals surface area contributed by atoms with E-state index in [1.807, 2.05) is 19.2 Å². The number of aliphatic hydroxyl groups is 1. The molecule has 1 unspecified atom stereocenters. The normalized spacial score (nSPS) is 11.5. The Kier molecular flexibility index (Phi) is 14.3. The van der Waals surface area contributed by atoms with E-state index in [0.717, 1.165) is 12.8 Å². The monoisotopic (exact) mass is 361 g/mol. The number of hydrogen-bond acceptors (Lipinski definition) is 7. The first-order chi connectivity index (χ1) is 11.5. The second-order valence-corrected chi connectivity index (χ2v) is 6.41. The summed E-state index contributed by atoms with van der Waals surface area (Å²) in [6, 6.07) is 0.379. The Morgan fingerprint density at radius 2 is 2.17 bits per heavy atom. The first-order valence-electron chi connectivity index (χ1n) is 8.31. The fourth-order valence-corrected chi connectivity index (χ4v) is 2.08. The lowest BCUT2D eigenvalue weighted by Gasteiger charge is -2.13. The quantitative estimate of drug-likeness (QED) is 0.523. The molecule has 0 aromatic carbocycles. The van der Waals surface area contributed by atoms with E-state index in [1.165, 1.54) is 24.2 Å². The minimum absolute atomic E-state index is 0.285. The number of carbonyl (C=O) groups excluding carboxylic acids is 1. The van der Waals surface area contributed by atoms with Crippen LogP contribution in [0, 0.1) is 0 Å². The van der Waals surface area contributed by atoms with Crippen molar-refractivity contribution in [2.45, 2.75) is 58.6 Å². The molecular weight excluding hydrogens is 330 g/mol.